The van der Waals surface area contributed by atoms with Gasteiger partial charge < -0.3 is 4.74 Å². The predicted octanol–water partition coefficient (Wildman–Crippen LogP) is 4.29. The highest BCUT2D eigenvalue weighted by molar-refractivity contribution is 9.09. The second-order valence-corrected chi connectivity index (χ2v) is 6.15. The van der Waals surface area contributed by atoms with E-state index in [2.05, 4.69) is 22.9 Å². The van der Waals surface area contributed by atoms with Gasteiger partial charge in [-0.3, -0.25) is 0 Å². The molecule has 0 aromatic carbocycles. The average molecular weight is 275 g/mol. The first kappa shape index (κ1) is 11.9. The van der Waals surface area contributed by atoms with Crippen molar-refractivity contribution in [1.82, 2.24) is 0 Å². The van der Waals surface area contributed by atoms with Crippen molar-refractivity contribution in [1.29, 1.82) is 0 Å². The van der Waals surface area contributed by atoms with Gasteiger partial charge in [0.2, 0.25) is 0 Å². The van der Waals surface area contributed by atoms with E-state index in [0.717, 1.165) is 11.2 Å². The van der Waals surface area contributed by atoms with Crippen LogP contribution in [0.15, 0.2) is 0 Å². The summed E-state index contributed by atoms with van der Waals surface area (Å²) in [5, 5.41) is 1.02. The lowest BCUT2D eigenvalue weighted by atomic mass is 9.85. The molecule has 2 aliphatic rings. The largest absolute Gasteiger partial charge is 0.371 e. The van der Waals surface area contributed by atoms with E-state index in [0.29, 0.717) is 6.10 Å². The van der Waals surface area contributed by atoms with Crippen LogP contribution in [0.2, 0.25) is 0 Å². The minimum Gasteiger partial charge on any atom is -0.371 e. The Morgan fingerprint density at radius 1 is 1.13 bits per heavy atom. The number of alkyl halides is 1. The Morgan fingerprint density at radius 3 is 2.60 bits per heavy atom. The number of hydrogen-bond acceptors (Lipinski definition) is 1. The topological polar surface area (TPSA) is 9.23 Å². The second kappa shape index (κ2) is 5.18. The van der Waals surface area contributed by atoms with Gasteiger partial charge in [0.1, 0.15) is 0 Å². The summed E-state index contributed by atoms with van der Waals surface area (Å²) in [6.45, 7) is 2.39. The summed E-state index contributed by atoms with van der Waals surface area (Å²) in [4.78, 5) is 0. The Hall–Kier alpha value is 0.440. The highest BCUT2D eigenvalue weighted by Crippen LogP contribution is 2.41. The Balaban J connectivity index is 1.98. The third-order valence-electron chi connectivity index (χ3n) is 4.17. The van der Waals surface area contributed by atoms with E-state index in [1.165, 1.54) is 51.4 Å². The molecular weight excluding hydrogens is 252 g/mol. The van der Waals surface area contributed by atoms with Crippen LogP contribution in [0.1, 0.15) is 58.3 Å². The van der Waals surface area contributed by atoms with Crippen LogP contribution in [0, 0.1) is 5.92 Å². The molecule has 2 rings (SSSR count). The molecule has 3 atom stereocenters. The molecule has 88 valence electrons. The van der Waals surface area contributed by atoms with E-state index < -0.39 is 0 Å². The molecule has 2 heteroatoms. The summed E-state index contributed by atoms with van der Waals surface area (Å²) in [7, 11) is 0. The molecular formula is C13H23BrO. The zero-order chi connectivity index (χ0) is 10.7. The summed E-state index contributed by atoms with van der Waals surface area (Å²) in [5.74, 6) is 0.914. The van der Waals surface area contributed by atoms with Crippen LogP contribution in [-0.4, -0.2) is 17.0 Å². The fourth-order valence-electron chi connectivity index (χ4n) is 3.15. The van der Waals surface area contributed by atoms with Crippen molar-refractivity contribution in [3.8, 4) is 0 Å². The van der Waals surface area contributed by atoms with Crippen LogP contribution in [0.4, 0.5) is 0 Å². The van der Waals surface area contributed by atoms with E-state index >= 15 is 0 Å². The van der Waals surface area contributed by atoms with E-state index in [-0.39, 0.29) is 5.60 Å². The normalized spacial score (nSPS) is 42.8. The quantitative estimate of drug-likeness (QED) is 0.649. The number of hydrogen-bond donors (Lipinski definition) is 0. The molecule has 1 aliphatic heterocycles. The maximum atomic E-state index is 6.35. The van der Waals surface area contributed by atoms with Crippen LogP contribution in [0.25, 0.3) is 0 Å². The summed E-state index contributed by atoms with van der Waals surface area (Å²) in [6.07, 6.45) is 11.2. The van der Waals surface area contributed by atoms with E-state index in [4.69, 9.17) is 4.74 Å². The third-order valence-corrected chi connectivity index (χ3v) is 4.89. The fraction of sp³-hybridized carbons (Fsp3) is 1.00. The standard InChI is InChI=1S/C13H23BrO/c1-11-4-2-7-13(9-6-11)8-3-5-12(10-14)15-13/h11-12H,2-10H2,1H3. The molecule has 0 aromatic heterocycles. The first-order valence-electron chi connectivity index (χ1n) is 6.48. The van der Waals surface area contributed by atoms with Crippen molar-refractivity contribution in [2.45, 2.75) is 70.0 Å². The molecule has 1 heterocycles. The van der Waals surface area contributed by atoms with E-state index in [1.54, 1.807) is 0 Å². The van der Waals surface area contributed by atoms with Gasteiger partial charge in [-0.05, 0) is 44.4 Å². The molecule has 0 bridgehead atoms. The van der Waals surface area contributed by atoms with E-state index in [1.807, 2.05) is 0 Å². The Bertz CT molecular complexity index is 207. The van der Waals surface area contributed by atoms with Crippen LogP contribution in [0.5, 0.6) is 0 Å². The average Bonchev–Trinajstić information content (AvgIpc) is 2.42. The number of halogens is 1. The van der Waals surface area contributed by atoms with Crippen LogP contribution >= 0.6 is 15.9 Å². The van der Waals surface area contributed by atoms with Gasteiger partial charge in [-0.1, -0.05) is 35.7 Å². The molecule has 0 aromatic rings. The lowest BCUT2D eigenvalue weighted by Crippen LogP contribution is -2.41. The number of ether oxygens (including phenoxy) is 1. The minimum atomic E-state index is 0.265. The highest BCUT2D eigenvalue weighted by atomic mass is 79.9. The minimum absolute atomic E-state index is 0.265. The zero-order valence-electron chi connectivity index (χ0n) is 9.80. The molecule has 1 aliphatic carbocycles. The molecule has 0 amide bonds. The van der Waals surface area contributed by atoms with Crippen LogP contribution < -0.4 is 0 Å². The lowest BCUT2D eigenvalue weighted by molar-refractivity contribution is -0.126. The third kappa shape index (κ3) is 2.97. The van der Waals surface area contributed by atoms with Crippen molar-refractivity contribution >= 4 is 15.9 Å². The van der Waals surface area contributed by atoms with Crippen LogP contribution in [-0.2, 0) is 4.74 Å². The highest BCUT2D eigenvalue weighted by Gasteiger charge is 2.37. The first-order valence-corrected chi connectivity index (χ1v) is 7.60. The van der Waals surface area contributed by atoms with Gasteiger partial charge in [-0.25, -0.2) is 0 Å². The van der Waals surface area contributed by atoms with E-state index in [9.17, 15) is 0 Å². The van der Waals surface area contributed by atoms with Crippen molar-refractivity contribution in [2.75, 3.05) is 5.33 Å². The molecule has 1 saturated heterocycles. The first-order chi connectivity index (χ1) is 7.24. The van der Waals surface area contributed by atoms with Gasteiger partial charge in [0.25, 0.3) is 0 Å². The van der Waals surface area contributed by atoms with Crippen molar-refractivity contribution < 1.29 is 4.74 Å². The Labute approximate surface area is 102 Å². The van der Waals surface area contributed by atoms with Gasteiger partial charge in [0.05, 0.1) is 11.7 Å². The predicted molar refractivity (Wildman–Crippen MR) is 67.5 cm³/mol. The molecule has 1 nitrogen and oxygen atoms in total. The smallest absolute Gasteiger partial charge is 0.0686 e. The summed E-state index contributed by atoms with van der Waals surface area (Å²) < 4.78 is 6.35. The summed E-state index contributed by atoms with van der Waals surface area (Å²) in [6, 6.07) is 0. The van der Waals surface area contributed by atoms with Gasteiger partial charge >= 0.3 is 0 Å². The number of rotatable bonds is 1. The monoisotopic (exact) mass is 274 g/mol. The zero-order valence-corrected chi connectivity index (χ0v) is 11.4. The van der Waals surface area contributed by atoms with Crippen LogP contribution in [0.3, 0.4) is 0 Å². The molecule has 0 N–H and O–H groups in total. The Kier molecular flexibility index (Phi) is 4.11. The summed E-state index contributed by atoms with van der Waals surface area (Å²) >= 11 is 3.57. The second-order valence-electron chi connectivity index (χ2n) is 5.51. The lowest BCUT2D eigenvalue weighted by Gasteiger charge is -2.40. The van der Waals surface area contributed by atoms with Gasteiger partial charge in [-0.15, -0.1) is 0 Å². The summed E-state index contributed by atoms with van der Waals surface area (Å²) in [5.41, 5.74) is 0.265. The van der Waals surface area contributed by atoms with Crippen molar-refractivity contribution in [3.63, 3.8) is 0 Å². The van der Waals surface area contributed by atoms with Gasteiger partial charge in [-0.2, -0.15) is 0 Å². The maximum Gasteiger partial charge on any atom is 0.0686 e. The molecule has 1 saturated carbocycles. The fourth-order valence-corrected chi connectivity index (χ4v) is 3.61. The SMILES string of the molecule is CC1CCCC2(CCCC(CBr)O2)CC1. The van der Waals surface area contributed by atoms with Crippen molar-refractivity contribution in [3.05, 3.63) is 0 Å². The molecule has 0 radical (unpaired) electrons. The molecule has 15 heavy (non-hydrogen) atoms. The molecule has 2 fully saturated rings. The molecule has 3 unspecified atom stereocenters. The van der Waals surface area contributed by atoms with Gasteiger partial charge in [0, 0.05) is 5.33 Å². The molecule has 1 spiro atoms. The Morgan fingerprint density at radius 2 is 1.87 bits per heavy atom. The van der Waals surface area contributed by atoms with Gasteiger partial charge in [0.15, 0.2) is 0 Å². The van der Waals surface area contributed by atoms with Crippen molar-refractivity contribution in [2.24, 2.45) is 5.92 Å². The maximum absolute atomic E-state index is 6.35.